The van der Waals surface area contributed by atoms with Gasteiger partial charge in [0.25, 0.3) is 11.8 Å². The number of imidazole rings is 1. The van der Waals surface area contributed by atoms with Crippen molar-refractivity contribution in [3.8, 4) is 0 Å². The van der Waals surface area contributed by atoms with Crippen molar-refractivity contribution >= 4 is 23.5 Å². The molecule has 2 fully saturated rings. The zero-order valence-electron chi connectivity index (χ0n) is 23.6. The van der Waals surface area contributed by atoms with Gasteiger partial charge in [0, 0.05) is 73.5 Å². The van der Waals surface area contributed by atoms with Crippen LogP contribution in [0.3, 0.4) is 0 Å². The van der Waals surface area contributed by atoms with E-state index in [0.717, 1.165) is 12.3 Å². The van der Waals surface area contributed by atoms with Crippen LogP contribution in [0.15, 0.2) is 24.4 Å². The Hall–Kier alpha value is -4.61. The van der Waals surface area contributed by atoms with Crippen LogP contribution in [0, 0.1) is 5.82 Å². The first-order chi connectivity index (χ1) is 21.3. The first kappa shape index (κ1) is 31.8. The number of aromatic nitrogens is 4. The molecule has 0 bridgehead atoms. The van der Waals surface area contributed by atoms with Crippen LogP contribution in [0.1, 0.15) is 56.5 Å². The SMILES string of the molecule is NC1CC(NC(=O)N2CCN(C(=O)c3ccc(NC(=O)c4ncc(Cc5c(C(F)(F)F)n[nH]c5CC(F)F)[nH]4)cc3F)CC2)C1. The summed E-state index contributed by atoms with van der Waals surface area (Å²) in [5.74, 6) is -2.70. The number of aromatic amines is 2. The molecule has 3 aromatic rings. The van der Waals surface area contributed by atoms with Gasteiger partial charge in [0.05, 0.1) is 12.0 Å². The molecule has 12 nitrogen and oxygen atoms in total. The minimum atomic E-state index is -4.90. The van der Waals surface area contributed by atoms with Gasteiger partial charge in [-0.1, -0.05) is 0 Å². The van der Waals surface area contributed by atoms with Gasteiger partial charge < -0.3 is 31.2 Å². The molecule has 2 aromatic heterocycles. The van der Waals surface area contributed by atoms with Gasteiger partial charge in [-0.3, -0.25) is 14.7 Å². The van der Waals surface area contributed by atoms with Gasteiger partial charge in [-0.15, -0.1) is 0 Å². The number of piperazine rings is 1. The summed E-state index contributed by atoms with van der Waals surface area (Å²) < 4.78 is 80.8. The quantitative estimate of drug-likeness (QED) is 0.238. The number of hydrogen-bond acceptors (Lipinski definition) is 6. The minimum absolute atomic E-state index is 0.0134. The fourth-order valence-corrected chi connectivity index (χ4v) is 5.19. The Morgan fingerprint density at radius 2 is 1.78 bits per heavy atom. The van der Waals surface area contributed by atoms with Crippen molar-refractivity contribution in [2.75, 3.05) is 31.5 Å². The van der Waals surface area contributed by atoms with Crippen molar-refractivity contribution in [2.45, 2.75) is 50.4 Å². The lowest BCUT2D eigenvalue weighted by molar-refractivity contribution is -0.141. The Bertz CT molecular complexity index is 1560. The molecular formula is C27H29F6N9O3. The molecule has 1 aromatic carbocycles. The summed E-state index contributed by atoms with van der Waals surface area (Å²) in [6.07, 6.45) is -6.82. The van der Waals surface area contributed by atoms with Gasteiger partial charge in [-0.05, 0) is 31.0 Å². The average Bonchev–Trinajstić information content (AvgIpc) is 3.59. The number of carbonyl (C=O) groups excluding carboxylic acids is 3. The van der Waals surface area contributed by atoms with E-state index in [1.165, 1.54) is 17.0 Å². The fourth-order valence-electron chi connectivity index (χ4n) is 5.19. The van der Waals surface area contributed by atoms with E-state index >= 15 is 0 Å². The highest BCUT2D eigenvalue weighted by molar-refractivity contribution is 6.02. The van der Waals surface area contributed by atoms with Gasteiger partial charge in [0.2, 0.25) is 6.43 Å². The van der Waals surface area contributed by atoms with E-state index in [9.17, 15) is 40.7 Å². The van der Waals surface area contributed by atoms with Crippen LogP contribution >= 0.6 is 0 Å². The summed E-state index contributed by atoms with van der Waals surface area (Å²) in [5.41, 5.74) is 3.22. The van der Waals surface area contributed by atoms with Crippen molar-refractivity contribution in [2.24, 2.45) is 5.73 Å². The number of H-pyrrole nitrogens is 2. The van der Waals surface area contributed by atoms with E-state index in [2.05, 4.69) is 25.7 Å². The number of anilines is 1. The largest absolute Gasteiger partial charge is 0.435 e. The zero-order valence-corrected chi connectivity index (χ0v) is 23.6. The van der Waals surface area contributed by atoms with Crippen LogP contribution in [0.4, 0.5) is 36.8 Å². The molecular weight excluding hydrogens is 612 g/mol. The minimum Gasteiger partial charge on any atom is -0.337 e. The highest BCUT2D eigenvalue weighted by atomic mass is 19.4. The number of carbonyl (C=O) groups is 3. The number of nitrogens with zero attached hydrogens (tertiary/aromatic N) is 4. The second-order valence-corrected chi connectivity index (χ2v) is 10.9. The molecule has 18 heteroatoms. The predicted octanol–water partition coefficient (Wildman–Crippen LogP) is 2.90. The van der Waals surface area contributed by atoms with Crippen LogP contribution in [0.2, 0.25) is 0 Å². The Balaban J connectivity index is 1.17. The molecule has 4 amide bonds. The van der Waals surface area contributed by atoms with E-state index in [-0.39, 0.29) is 67.1 Å². The third kappa shape index (κ3) is 7.38. The number of amides is 4. The van der Waals surface area contributed by atoms with Crippen LogP contribution in [-0.4, -0.2) is 92.5 Å². The number of hydrogen-bond donors (Lipinski definition) is 5. The molecule has 0 unspecified atom stereocenters. The molecule has 0 atom stereocenters. The van der Waals surface area contributed by atoms with Gasteiger partial charge in [0.1, 0.15) is 5.82 Å². The molecule has 1 aliphatic heterocycles. The predicted molar refractivity (Wildman–Crippen MR) is 146 cm³/mol. The molecule has 5 rings (SSSR count). The summed E-state index contributed by atoms with van der Waals surface area (Å²) >= 11 is 0. The summed E-state index contributed by atoms with van der Waals surface area (Å²) in [5, 5.41) is 10.4. The van der Waals surface area contributed by atoms with Crippen LogP contribution in [0.5, 0.6) is 0 Å². The van der Waals surface area contributed by atoms with Crippen LogP contribution < -0.4 is 16.4 Å². The number of urea groups is 1. The number of benzene rings is 1. The normalized spacial score (nSPS) is 18.6. The summed E-state index contributed by atoms with van der Waals surface area (Å²) in [7, 11) is 0. The first-order valence-corrected chi connectivity index (χ1v) is 13.9. The Morgan fingerprint density at radius 3 is 2.40 bits per heavy atom. The van der Waals surface area contributed by atoms with Crippen molar-refractivity contribution in [3.63, 3.8) is 0 Å². The molecule has 1 saturated carbocycles. The molecule has 3 heterocycles. The second-order valence-electron chi connectivity index (χ2n) is 10.9. The second kappa shape index (κ2) is 12.8. The zero-order chi connectivity index (χ0) is 32.5. The lowest BCUT2D eigenvalue weighted by Gasteiger charge is -2.38. The molecule has 0 radical (unpaired) electrons. The van der Waals surface area contributed by atoms with Gasteiger partial charge in [-0.2, -0.15) is 18.3 Å². The maximum atomic E-state index is 15.0. The summed E-state index contributed by atoms with van der Waals surface area (Å²) in [6, 6.07) is 3.31. The molecule has 242 valence electrons. The monoisotopic (exact) mass is 641 g/mol. The number of alkyl halides is 5. The van der Waals surface area contributed by atoms with Crippen molar-refractivity contribution < 1.29 is 40.7 Å². The highest BCUT2D eigenvalue weighted by Crippen LogP contribution is 2.33. The molecule has 45 heavy (non-hydrogen) atoms. The molecule has 2 aliphatic rings. The van der Waals surface area contributed by atoms with Crippen LogP contribution in [0.25, 0.3) is 0 Å². The fraction of sp³-hybridized carbons (Fsp3) is 0.444. The molecule has 1 aliphatic carbocycles. The molecule has 6 N–H and O–H groups in total. The third-order valence-electron chi connectivity index (χ3n) is 7.60. The maximum absolute atomic E-state index is 15.0. The molecule has 0 spiro atoms. The maximum Gasteiger partial charge on any atom is 0.435 e. The van der Waals surface area contributed by atoms with E-state index in [0.29, 0.717) is 12.8 Å². The van der Waals surface area contributed by atoms with E-state index in [4.69, 9.17) is 5.73 Å². The lowest BCUT2D eigenvalue weighted by Crippen LogP contribution is -2.57. The Morgan fingerprint density at radius 1 is 1.09 bits per heavy atom. The standard InChI is InChI=1S/C27H29F6N9O3/c28-19-10-14(1-2-17(19)25(44)41-3-5-42(6-4-41)26(45)38-15-7-13(34)8-15)37-24(43)23-35-12-16(36-23)9-18-20(11-21(29)30)39-40-22(18)27(31,32)33/h1-2,10,12-13,15,21H,3-9,11,34H2,(H,35,36)(H,37,43)(H,38,45)(H,39,40). The summed E-state index contributed by atoms with van der Waals surface area (Å²) in [6.45, 7) is 0.927. The lowest BCUT2D eigenvalue weighted by atomic mass is 9.88. The van der Waals surface area contributed by atoms with Crippen LogP contribution in [-0.2, 0) is 19.0 Å². The van der Waals surface area contributed by atoms with Gasteiger partial charge in [-0.25, -0.2) is 22.9 Å². The van der Waals surface area contributed by atoms with E-state index < -0.39 is 60.0 Å². The number of nitrogens with one attached hydrogen (secondary N) is 4. The first-order valence-electron chi connectivity index (χ1n) is 13.9. The topological polar surface area (TPSA) is 165 Å². The van der Waals surface area contributed by atoms with Crippen molar-refractivity contribution in [3.05, 3.63) is 64.2 Å². The number of rotatable bonds is 8. The Labute approximate surface area is 251 Å². The average molecular weight is 642 g/mol. The Kier molecular flexibility index (Phi) is 9.03. The van der Waals surface area contributed by atoms with Gasteiger partial charge >= 0.3 is 12.2 Å². The van der Waals surface area contributed by atoms with Crippen molar-refractivity contribution in [1.82, 2.24) is 35.3 Å². The highest BCUT2D eigenvalue weighted by Gasteiger charge is 2.38. The van der Waals surface area contributed by atoms with E-state index in [1.807, 2.05) is 5.10 Å². The smallest absolute Gasteiger partial charge is 0.337 e. The third-order valence-corrected chi connectivity index (χ3v) is 7.60. The summed E-state index contributed by atoms with van der Waals surface area (Å²) in [4.78, 5) is 47.4. The van der Waals surface area contributed by atoms with E-state index in [1.54, 1.807) is 4.90 Å². The number of nitrogens with two attached hydrogens (primary N) is 1. The molecule has 1 saturated heterocycles. The number of halogens is 6. The van der Waals surface area contributed by atoms with Crippen molar-refractivity contribution in [1.29, 1.82) is 0 Å². The van der Waals surface area contributed by atoms with Gasteiger partial charge in [0.15, 0.2) is 11.5 Å².